The van der Waals surface area contributed by atoms with Crippen LogP contribution in [0.3, 0.4) is 0 Å². The zero-order valence-electron chi connectivity index (χ0n) is 46.8. The van der Waals surface area contributed by atoms with Gasteiger partial charge in [-0.3, -0.25) is 14.4 Å². The number of unbranched alkanes of at least 4 members (excludes halogenated alkanes) is 16. The lowest BCUT2D eigenvalue weighted by molar-refractivity contribution is -0.166. The summed E-state index contributed by atoms with van der Waals surface area (Å²) in [6, 6.07) is 0. The Bertz CT molecular complexity index is 1630. The molecule has 0 N–H and O–H groups in total. The SMILES string of the molecule is CC/C=C\C/C=C\C/C=C\C/C=C\C/C=C\C/C=C\CCCCCCCCC(=O)OCC(COC(=O)CCCCCCCCCCCCC)OC(=O)CC/C=C\C/C=C\C/C=C\C/C=C\C/C=C\C/C=C\CC. The Balaban J connectivity index is 4.47. The van der Waals surface area contributed by atoms with Crippen LogP contribution in [-0.2, 0) is 28.6 Å². The molecule has 0 rings (SSSR count). The van der Waals surface area contributed by atoms with Gasteiger partial charge in [0.15, 0.2) is 6.10 Å². The molecular formula is C67H106O6. The van der Waals surface area contributed by atoms with Crippen LogP contribution in [0.1, 0.15) is 239 Å². The van der Waals surface area contributed by atoms with E-state index in [1.165, 1.54) is 64.2 Å². The summed E-state index contributed by atoms with van der Waals surface area (Å²) >= 11 is 0. The van der Waals surface area contributed by atoms with Crippen LogP contribution in [0.4, 0.5) is 0 Å². The molecule has 0 amide bonds. The van der Waals surface area contributed by atoms with Crippen molar-refractivity contribution in [1.29, 1.82) is 0 Å². The van der Waals surface area contributed by atoms with Crippen molar-refractivity contribution < 1.29 is 28.6 Å². The van der Waals surface area contributed by atoms with Crippen LogP contribution in [0, 0.1) is 0 Å². The van der Waals surface area contributed by atoms with Crippen molar-refractivity contribution in [3.8, 4) is 0 Å². The first kappa shape index (κ1) is 68.3. The fourth-order valence-electron chi connectivity index (χ4n) is 7.53. The Morgan fingerprint density at radius 1 is 0.288 bits per heavy atom. The quantitative estimate of drug-likeness (QED) is 0.0261. The van der Waals surface area contributed by atoms with Crippen LogP contribution in [0.5, 0.6) is 0 Å². The van der Waals surface area contributed by atoms with Crippen molar-refractivity contribution in [3.63, 3.8) is 0 Å². The van der Waals surface area contributed by atoms with Gasteiger partial charge in [-0.05, 0) is 109 Å². The Morgan fingerprint density at radius 3 is 0.890 bits per heavy atom. The maximum atomic E-state index is 12.8. The molecule has 0 aromatic carbocycles. The number of hydrogen-bond donors (Lipinski definition) is 0. The topological polar surface area (TPSA) is 78.9 Å². The highest BCUT2D eigenvalue weighted by Crippen LogP contribution is 2.14. The molecule has 1 unspecified atom stereocenters. The maximum absolute atomic E-state index is 12.8. The maximum Gasteiger partial charge on any atom is 0.306 e. The molecule has 0 saturated heterocycles. The predicted molar refractivity (Wildman–Crippen MR) is 315 cm³/mol. The zero-order chi connectivity index (χ0) is 52.9. The van der Waals surface area contributed by atoms with E-state index in [1.807, 2.05) is 12.2 Å². The van der Waals surface area contributed by atoms with Gasteiger partial charge in [0.1, 0.15) is 13.2 Å². The van der Waals surface area contributed by atoms with Gasteiger partial charge in [-0.25, -0.2) is 0 Å². The lowest BCUT2D eigenvalue weighted by atomic mass is 10.1. The normalized spacial score (nSPS) is 13.2. The van der Waals surface area contributed by atoms with Crippen molar-refractivity contribution in [2.75, 3.05) is 13.2 Å². The zero-order valence-corrected chi connectivity index (χ0v) is 46.8. The number of rotatable bonds is 51. The van der Waals surface area contributed by atoms with Crippen LogP contribution in [0.25, 0.3) is 0 Å². The number of ether oxygens (including phenoxy) is 3. The summed E-state index contributed by atoms with van der Waals surface area (Å²) in [6.07, 6.45) is 85.7. The fraction of sp³-hybridized carbons (Fsp3) is 0.597. The number of allylic oxidation sites excluding steroid dienone is 24. The Kier molecular flexibility index (Phi) is 56.0. The third kappa shape index (κ3) is 58.1. The first-order valence-corrected chi connectivity index (χ1v) is 29.3. The van der Waals surface area contributed by atoms with Crippen LogP contribution < -0.4 is 0 Å². The molecule has 0 fully saturated rings. The minimum atomic E-state index is -0.829. The molecule has 0 bridgehead atoms. The minimum Gasteiger partial charge on any atom is -0.462 e. The summed E-state index contributed by atoms with van der Waals surface area (Å²) in [5.41, 5.74) is 0. The molecule has 6 heteroatoms. The lowest BCUT2D eigenvalue weighted by Crippen LogP contribution is -2.30. The predicted octanol–water partition coefficient (Wildman–Crippen LogP) is 20.0. The molecule has 0 aliphatic rings. The van der Waals surface area contributed by atoms with Crippen LogP contribution in [0.15, 0.2) is 146 Å². The van der Waals surface area contributed by atoms with E-state index in [1.54, 1.807) is 0 Å². The summed E-state index contributed by atoms with van der Waals surface area (Å²) in [7, 11) is 0. The van der Waals surface area contributed by atoms with E-state index in [0.717, 1.165) is 128 Å². The van der Waals surface area contributed by atoms with Gasteiger partial charge < -0.3 is 14.2 Å². The van der Waals surface area contributed by atoms with Gasteiger partial charge in [-0.1, -0.05) is 256 Å². The number of esters is 3. The van der Waals surface area contributed by atoms with Crippen LogP contribution >= 0.6 is 0 Å². The second-order valence-corrected chi connectivity index (χ2v) is 18.8. The van der Waals surface area contributed by atoms with Crippen LogP contribution in [0.2, 0.25) is 0 Å². The molecule has 1 atom stereocenters. The van der Waals surface area contributed by atoms with E-state index >= 15 is 0 Å². The Morgan fingerprint density at radius 2 is 0.562 bits per heavy atom. The minimum absolute atomic E-state index is 0.117. The largest absolute Gasteiger partial charge is 0.462 e. The second-order valence-electron chi connectivity index (χ2n) is 18.8. The van der Waals surface area contributed by atoms with Crippen molar-refractivity contribution in [3.05, 3.63) is 146 Å². The van der Waals surface area contributed by atoms with Crippen molar-refractivity contribution >= 4 is 17.9 Å². The molecule has 0 saturated carbocycles. The van der Waals surface area contributed by atoms with Crippen molar-refractivity contribution in [2.45, 2.75) is 245 Å². The van der Waals surface area contributed by atoms with Gasteiger partial charge in [0.25, 0.3) is 0 Å². The molecule has 0 heterocycles. The number of carbonyl (C=O) groups excluding carboxylic acids is 3. The molecule has 410 valence electrons. The smallest absolute Gasteiger partial charge is 0.306 e. The number of hydrogen-bond acceptors (Lipinski definition) is 6. The standard InChI is InChI=1S/C67H106O6/c1-4-7-10-13-16-19-22-24-26-28-30-31-32-33-34-35-37-38-40-42-45-48-51-54-57-60-66(69)72-63-64(62-71-65(68)59-56-53-50-47-44-21-18-15-12-9-6-3)73-67(70)61-58-55-52-49-46-43-41-39-36-29-27-25-23-20-17-14-11-8-5-2/h7-8,10-11,16-17,19-20,24-27,30-31,33-34,36-39,43,46,52,55,64H,4-6,9,12-15,18,21-23,28-29,32,35,40-42,44-45,47-51,53-54,56-63H2,1-3H3/b10-7-,11-8-,19-16-,20-17-,26-24-,27-25-,31-30-,34-33-,38-37-,39-36-,46-43-,55-52-. The third-order valence-electron chi connectivity index (χ3n) is 11.9. The van der Waals surface area contributed by atoms with Crippen molar-refractivity contribution in [1.82, 2.24) is 0 Å². The molecule has 0 radical (unpaired) electrons. The van der Waals surface area contributed by atoms with E-state index in [0.29, 0.717) is 19.3 Å². The van der Waals surface area contributed by atoms with Gasteiger partial charge >= 0.3 is 17.9 Å². The second kappa shape index (κ2) is 59.8. The molecule has 0 aromatic heterocycles. The molecule has 73 heavy (non-hydrogen) atoms. The van der Waals surface area contributed by atoms with Crippen LogP contribution in [-0.4, -0.2) is 37.2 Å². The Hall–Kier alpha value is -4.71. The monoisotopic (exact) mass is 1010 g/mol. The lowest BCUT2D eigenvalue weighted by Gasteiger charge is -2.18. The highest BCUT2D eigenvalue weighted by atomic mass is 16.6. The summed E-state index contributed by atoms with van der Waals surface area (Å²) in [4.78, 5) is 38.1. The molecule has 0 aliphatic carbocycles. The van der Waals surface area contributed by atoms with E-state index in [2.05, 4.69) is 154 Å². The van der Waals surface area contributed by atoms with Crippen molar-refractivity contribution in [2.24, 2.45) is 0 Å². The summed E-state index contributed by atoms with van der Waals surface area (Å²) in [5.74, 6) is -1.02. The highest BCUT2D eigenvalue weighted by molar-refractivity contribution is 5.71. The fourth-order valence-corrected chi connectivity index (χ4v) is 7.53. The first-order chi connectivity index (χ1) is 36.0. The molecule has 6 nitrogen and oxygen atoms in total. The molecule has 0 aromatic rings. The average Bonchev–Trinajstić information content (AvgIpc) is 3.39. The molecule has 0 aliphatic heterocycles. The van der Waals surface area contributed by atoms with Gasteiger partial charge in [0.2, 0.25) is 0 Å². The summed E-state index contributed by atoms with van der Waals surface area (Å²) in [6.45, 7) is 6.32. The number of carbonyl (C=O) groups is 3. The van der Waals surface area contributed by atoms with Gasteiger partial charge in [-0.2, -0.15) is 0 Å². The average molecular weight is 1010 g/mol. The highest BCUT2D eigenvalue weighted by Gasteiger charge is 2.19. The van der Waals surface area contributed by atoms with Gasteiger partial charge in [0, 0.05) is 19.3 Å². The van der Waals surface area contributed by atoms with E-state index in [9.17, 15) is 14.4 Å². The molecule has 0 spiro atoms. The van der Waals surface area contributed by atoms with Gasteiger partial charge in [-0.15, -0.1) is 0 Å². The molecular weight excluding hydrogens is 901 g/mol. The van der Waals surface area contributed by atoms with Gasteiger partial charge in [0.05, 0.1) is 0 Å². The summed E-state index contributed by atoms with van der Waals surface area (Å²) in [5, 5.41) is 0. The van der Waals surface area contributed by atoms with E-state index < -0.39 is 12.1 Å². The van der Waals surface area contributed by atoms with E-state index in [-0.39, 0.29) is 31.6 Å². The van der Waals surface area contributed by atoms with E-state index in [4.69, 9.17) is 14.2 Å². The first-order valence-electron chi connectivity index (χ1n) is 29.3. The summed E-state index contributed by atoms with van der Waals surface area (Å²) < 4.78 is 16.8. The third-order valence-corrected chi connectivity index (χ3v) is 11.9. The Labute approximate surface area is 448 Å².